The summed E-state index contributed by atoms with van der Waals surface area (Å²) in [4.78, 5) is 34.7. The number of hydrogen-bond acceptors (Lipinski definition) is 5. The van der Waals surface area contributed by atoms with E-state index in [9.17, 15) is 22.8 Å². The number of anilines is 2. The van der Waals surface area contributed by atoms with Crippen molar-refractivity contribution in [3.8, 4) is 0 Å². The topological polar surface area (TPSA) is 49.9 Å². The van der Waals surface area contributed by atoms with Gasteiger partial charge in [0.25, 0.3) is 5.91 Å². The maximum atomic E-state index is 13.6. The number of benzene rings is 3. The maximum absolute atomic E-state index is 13.6. The molecular formula is C25H19F3N2O3S. The Bertz CT molecular complexity index is 1230. The van der Waals surface area contributed by atoms with Crippen molar-refractivity contribution in [1.29, 1.82) is 0 Å². The molecule has 0 N–H and O–H groups in total. The van der Waals surface area contributed by atoms with Crippen LogP contribution >= 0.6 is 11.8 Å². The van der Waals surface area contributed by atoms with Crippen molar-refractivity contribution < 1.29 is 27.6 Å². The van der Waals surface area contributed by atoms with Gasteiger partial charge in [-0.1, -0.05) is 36.4 Å². The van der Waals surface area contributed by atoms with Crippen LogP contribution in [0, 0.1) is 5.92 Å². The van der Waals surface area contributed by atoms with Gasteiger partial charge in [0.2, 0.25) is 5.91 Å². The fourth-order valence-electron chi connectivity index (χ4n) is 4.43. The first kappa shape index (κ1) is 22.5. The van der Waals surface area contributed by atoms with Crippen molar-refractivity contribution in [3.05, 3.63) is 90.0 Å². The number of amides is 2. The van der Waals surface area contributed by atoms with E-state index in [0.29, 0.717) is 5.69 Å². The van der Waals surface area contributed by atoms with Crippen molar-refractivity contribution in [2.45, 2.75) is 23.2 Å². The van der Waals surface area contributed by atoms with Gasteiger partial charge in [-0.05, 0) is 54.3 Å². The first-order valence-corrected chi connectivity index (χ1v) is 11.7. The number of hydroxylamine groups is 1. The predicted octanol–water partition coefficient (Wildman–Crippen LogP) is 5.48. The van der Waals surface area contributed by atoms with Crippen molar-refractivity contribution >= 4 is 35.0 Å². The summed E-state index contributed by atoms with van der Waals surface area (Å²) < 4.78 is 39.7. The van der Waals surface area contributed by atoms with E-state index in [4.69, 9.17) is 4.84 Å². The molecule has 0 aliphatic carbocycles. The van der Waals surface area contributed by atoms with Crippen LogP contribution < -0.4 is 9.96 Å². The van der Waals surface area contributed by atoms with Gasteiger partial charge in [-0.2, -0.15) is 13.2 Å². The number of para-hydroxylation sites is 1. The quantitative estimate of drug-likeness (QED) is 0.363. The number of rotatable bonds is 4. The number of carbonyl (C=O) groups excluding carboxylic acids is 2. The molecule has 174 valence electrons. The SMILES string of the molecule is CSc1ccc([C@@H]2[C@H]3C(=O)N(c4cccc(C(F)(F)F)c4)C(=O)[C@H]3ON2c2ccccc2)cc1. The van der Waals surface area contributed by atoms with E-state index in [-0.39, 0.29) is 5.69 Å². The summed E-state index contributed by atoms with van der Waals surface area (Å²) in [5, 5.41) is 1.56. The lowest BCUT2D eigenvalue weighted by Crippen LogP contribution is -2.37. The van der Waals surface area contributed by atoms with E-state index in [1.807, 2.05) is 60.9 Å². The first-order valence-electron chi connectivity index (χ1n) is 10.5. The lowest BCUT2D eigenvalue weighted by Gasteiger charge is -2.29. The Morgan fingerprint density at radius 2 is 1.53 bits per heavy atom. The molecule has 3 atom stereocenters. The molecule has 0 bridgehead atoms. The summed E-state index contributed by atoms with van der Waals surface area (Å²) in [6.07, 6.45) is -3.79. The summed E-state index contributed by atoms with van der Waals surface area (Å²) in [5.74, 6) is -2.19. The van der Waals surface area contributed by atoms with Crippen molar-refractivity contribution in [3.63, 3.8) is 0 Å². The van der Waals surface area contributed by atoms with Gasteiger partial charge in [0.15, 0.2) is 6.10 Å². The molecule has 0 unspecified atom stereocenters. The summed E-state index contributed by atoms with van der Waals surface area (Å²) in [6, 6.07) is 20.3. The minimum Gasteiger partial charge on any atom is -0.273 e. The molecule has 34 heavy (non-hydrogen) atoms. The summed E-state index contributed by atoms with van der Waals surface area (Å²) in [6.45, 7) is 0. The zero-order valence-electron chi connectivity index (χ0n) is 17.9. The smallest absolute Gasteiger partial charge is 0.273 e. The highest BCUT2D eigenvalue weighted by atomic mass is 32.2. The number of alkyl halides is 3. The van der Waals surface area contributed by atoms with Crippen LogP contribution in [-0.4, -0.2) is 24.2 Å². The van der Waals surface area contributed by atoms with Gasteiger partial charge in [-0.15, -0.1) is 11.8 Å². The van der Waals surface area contributed by atoms with E-state index in [1.54, 1.807) is 16.8 Å². The van der Waals surface area contributed by atoms with Gasteiger partial charge in [-0.3, -0.25) is 14.4 Å². The molecule has 2 aliphatic rings. The van der Waals surface area contributed by atoms with Gasteiger partial charge < -0.3 is 0 Å². The minimum absolute atomic E-state index is 0.120. The molecule has 0 radical (unpaired) electrons. The standard InChI is InChI=1S/C25H19F3N2O3S/c1-34-19-12-10-15(11-13-19)21-20-22(33-30(21)17-7-3-2-4-8-17)24(32)29(23(20)31)18-9-5-6-16(14-18)25(26,27)28/h2-14,20-22H,1H3/t20-,21-,22+/m1/s1. The second-order valence-electron chi connectivity index (χ2n) is 7.99. The van der Waals surface area contributed by atoms with Gasteiger partial charge in [0.1, 0.15) is 5.92 Å². The summed E-state index contributed by atoms with van der Waals surface area (Å²) >= 11 is 1.57. The number of hydrogen-bond donors (Lipinski definition) is 0. The van der Waals surface area contributed by atoms with Crippen molar-refractivity contribution in [2.75, 3.05) is 16.2 Å². The number of thioether (sulfide) groups is 1. The van der Waals surface area contributed by atoms with E-state index < -0.39 is 41.6 Å². The molecule has 3 aromatic rings. The Morgan fingerprint density at radius 1 is 0.853 bits per heavy atom. The first-order chi connectivity index (χ1) is 16.3. The lowest BCUT2D eigenvalue weighted by molar-refractivity contribution is -0.137. The molecule has 0 aromatic heterocycles. The molecule has 0 spiro atoms. The highest BCUT2D eigenvalue weighted by Gasteiger charge is 2.60. The number of carbonyl (C=O) groups is 2. The fraction of sp³-hybridized carbons (Fsp3) is 0.200. The van der Waals surface area contributed by atoms with Crippen LogP contribution in [0.4, 0.5) is 24.5 Å². The molecule has 5 nitrogen and oxygen atoms in total. The van der Waals surface area contributed by atoms with Crippen LogP contribution in [0.15, 0.2) is 83.8 Å². The number of halogens is 3. The molecule has 3 aromatic carbocycles. The molecule has 2 aliphatic heterocycles. The van der Waals surface area contributed by atoms with E-state index in [1.165, 1.54) is 12.1 Å². The van der Waals surface area contributed by atoms with Gasteiger partial charge in [0, 0.05) is 4.90 Å². The number of nitrogens with zero attached hydrogens (tertiary/aromatic N) is 2. The largest absolute Gasteiger partial charge is 0.416 e. The third kappa shape index (κ3) is 3.74. The predicted molar refractivity (Wildman–Crippen MR) is 122 cm³/mol. The van der Waals surface area contributed by atoms with E-state index in [0.717, 1.165) is 27.5 Å². The van der Waals surface area contributed by atoms with Crippen LogP contribution in [0.25, 0.3) is 0 Å². The highest BCUT2D eigenvalue weighted by Crippen LogP contribution is 2.48. The Labute approximate surface area is 198 Å². The molecule has 2 fully saturated rings. The molecule has 0 saturated carbocycles. The Kier molecular flexibility index (Phi) is 5.61. The van der Waals surface area contributed by atoms with Gasteiger partial charge in [-0.25, -0.2) is 9.96 Å². The average molecular weight is 484 g/mol. The second-order valence-corrected chi connectivity index (χ2v) is 8.87. The fourth-order valence-corrected chi connectivity index (χ4v) is 4.84. The zero-order chi connectivity index (χ0) is 24.0. The second kappa shape index (κ2) is 8.48. The minimum atomic E-state index is -4.60. The number of fused-ring (bicyclic) bond motifs is 1. The number of imide groups is 1. The summed E-state index contributed by atoms with van der Waals surface area (Å²) in [7, 11) is 0. The van der Waals surface area contributed by atoms with Crippen LogP contribution in [0.2, 0.25) is 0 Å². The molecule has 5 rings (SSSR count). The van der Waals surface area contributed by atoms with Gasteiger partial charge >= 0.3 is 6.18 Å². The molecule has 9 heteroatoms. The Morgan fingerprint density at radius 3 is 2.18 bits per heavy atom. The highest BCUT2D eigenvalue weighted by molar-refractivity contribution is 7.98. The Balaban J connectivity index is 1.56. The summed E-state index contributed by atoms with van der Waals surface area (Å²) in [5.41, 5.74) is 0.382. The molecule has 2 heterocycles. The molecule has 2 amide bonds. The van der Waals surface area contributed by atoms with E-state index >= 15 is 0 Å². The molecule has 2 saturated heterocycles. The van der Waals surface area contributed by atoms with Gasteiger partial charge in [0.05, 0.1) is 23.0 Å². The van der Waals surface area contributed by atoms with Crippen LogP contribution in [-0.2, 0) is 20.6 Å². The van der Waals surface area contributed by atoms with Crippen LogP contribution in [0.5, 0.6) is 0 Å². The van der Waals surface area contributed by atoms with Crippen molar-refractivity contribution in [1.82, 2.24) is 0 Å². The Hall–Kier alpha value is -3.30. The van der Waals surface area contributed by atoms with Crippen molar-refractivity contribution in [2.24, 2.45) is 5.92 Å². The average Bonchev–Trinajstić information content (AvgIpc) is 3.35. The normalized spacial score (nSPS) is 22.4. The monoisotopic (exact) mass is 484 g/mol. The molecular weight excluding hydrogens is 465 g/mol. The van der Waals surface area contributed by atoms with Crippen LogP contribution in [0.3, 0.4) is 0 Å². The third-order valence-electron chi connectivity index (χ3n) is 6.02. The third-order valence-corrected chi connectivity index (χ3v) is 6.76. The zero-order valence-corrected chi connectivity index (χ0v) is 18.7. The maximum Gasteiger partial charge on any atom is 0.416 e. The lowest BCUT2D eigenvalue weighted by atomic mass is 9.90. The van der Waals surface area contributed by atoms with Crippen LogP contribution in [0.1, 0.15) is 17.2 Å². The van der Waals surface area contributed by atoms with E-state index in [2.05, 4.69) is 0 Å².